The number of carbonyl (C=O) groups excluding carboxylic acids is 2. The van der Waals surface area contributed by atoms with Gasteiger partial charge in [0, 0.05) is 17.7 Å². The Labute approximate surface area is 97.5 Å². The number of hydrogen-bond acceptors (Lipinski definition) is 2. The molecule has 0 bridgehead atoms. The molecule has 1 fully saturated rings. The van der Waals surface area contributed by atoms with E-state index in [9.17, 15) is 9.59 Å². The van der Waals surface area contributed by atoms with Crippen LogP contribution in [0.25, 0.3) is 0 Å². The zero-order valence-electron chi connectivity index (χ0n) is 10.5. The Morgan fingerprint density at radius 3 is 2.50 bits per heavy atom. The van der Waals surface area contributed by atoms with Gasteiger partial charge in [0.05, 0.1) is 0 Å². The first-order valence-corrected chi connectivity index (χ1v) is 5.94. The molecule has 3 nitrogen and oxygen atoms in total. The maximum absolute atomic E-state index is 12.0. The van der Waals surface area contributed by atoms with Crippen LogP contribution in [-0.2, 0) is 9.59 Å². The van der Waals surface area contributed by atoms with E-state index in [-0.39, 0.29) is 11.7 Å². The van der Waals surface area contributed by atoms with Crippen LogP contribution in [0.5, 0.6) is 0 Å². The van der Waals surface area contributed by atoms with Crippen molar-refractivity contribution in [2.24, 2.45) is 5.41 Å². The van der Waals surface area contributed by atoms with Gasteiger partial charge in [-0.2, -0.15) is 0 Å². The first kappa shape index (κ1) is 12.9. The Hall–Kier alpha value is -1.12. The Balaban J connectivity index is 2.77. The highest BCUT2D eigenvalue weighted by atomic mass is 16.2. The minimum atomic E-state index is -0.561. The molecule has 0 radical (unpaired) electrons. The number of hydrogen-bond donors (Lipinski definition) is 0. The lowest BCUT2D eigenvalue weighted by Crippen LogP contribution is -2.43. The van der Waals surface area contributed by atoms with E-state index in [0.29, 0.717) is 13.0 Å². The largest absolute Gasteiger partial charge is 0.310 e. The molecule has 0 N–H and O–H groups in total. The number of likely N-dealkylation sites (tertiary alicyclic amines) is 1. The van der Waals surface area contributed by atoms with Crippen molar-refractivity contribution in [1.29, 1.82) is 0 Å². The maximum atomic E-state index is 12.0. The molecule has 90 valence electrons. The van der Waals surface area contributed by atoms with Crippen LogP contribution in [0, 0.1) is 5.41 Å². The van der Waals surface area contributed by atoms with Crippen LogP contribution < -0.4 is 0 Å². The average molecular weight is 223 g/mol. The summed E-state index contributed by atoms with van der Waals surface area (Å²) in [4.78, 5) is 25.6. The number of ketones is 1. The van der Waals surface area contributed by atoms with Crippen LogP contribution in [0.2, 0.25) is 0 Å². The molecule has 0 spiro atoms. The van der Waals surface area contributed by atoms with E-state index in [2.05, 4.69) is 6.58 Å². The van der Waals surface area contributed by atoms with Crippen LogP contribution >= 0.6 is 0 Å². The van der Waals surface area contributed by atoms with Gasteiger partial charge in [0.15, 0.2) is 0 Å². The molecule has 1 rings (SSSR count). The Kier molecular flexibility index (Phi) is 3.89. The normalized spacial score (nSPS) is 17.4. The minimum absolute atomic E-state index is 0.293. The van der Waals surface area contributed by atoms with Crippen molar-refractivity contribution in [2.75, 3.05) is 6.54 Å². The first-order chi connectivity index (χ1) is 7.40. The molecule has 1 saturated heterocycles. The zero-order valence-corrected chi connectivity index (χ0v) is 10.5. The highest BCUT2D eigenvalue weighted by Crippen LogP contribution is 2.25. The average Bonchev–Trinajstić information content (AvgIpc) is 2.27. The summed E-state index contributed by atoms with van der Waals surface area (Å²) in [5, 5.41) is 0. The summed E-state index contributed by atoms with van der Waals surface area (Å²) in [6.07, 6.45) is 3.53. The van der Waals surface area contributed by atoms with Crippen LogP contribution in [-0.4, -0.2) is 23.1 Å². The van der Waals surface area contributed by atoms with Gasteiger partial charge in [-0.15, -0.1) is 0 Å². The third-order valence-electron chi connectivity index (χ3n) is 3.42. The van der Waals surface area contributed by atoms with Crippen molar-refractivity contribution >= 4 is 11.7 Å². The summed E-state index contributed by atoms with van der Waals surface area (Å²) in [6.45, 7) is 10.1. The van der Waals surface area contributed by atoms with Gasteiger partial charge in [0.2, 0.25) is 5.78 Å². The van der Waals surface area contributed by atoms with Crippen LogP contribution in [0.15, 0.2) is 12.3 Å². The van der Waals surface area contributed by atoms with E-state index in [1.54, 1.807) is 4.90 Å². The molecule has 16 heavy (non-hydrogen) atoms. The molecule has 0 unspecified atom stereocenters. The van der Waals surface area contributed by atoms with Crippen molar-refractivity contribution in [2.45, 2.75) is 46.5 Å². The fourth-order valence-corrected chi connectivity index (χ4v) is 1.71. The highest BCUT2D eigenvalue weighted by Gasteiger charge is 2.35. The van der Waals surface area contributed by atoms with E-state index in [1.807, 2.05) is 20.8 Å². The van der Waals surface area contributed by atoms with Crippen molar-refractivity contribution in [3.05, 3.63) is 12.3 Å². The number of allylic oxidation sites excluding steroid dienone is 1. The van der Waals surface area contributed by atoms with Gasteiger partial charge in [0.1, 0.15) is 0 Å². The summed E-state index contributed by atoms with van der Waals surface area (Å²) in [5.74, 6) is -0.672. The molecule has 0 aromatic rings. The molecule has 1 amide bonds. The summed E-state index contributed by atoms with van der Waals surface area (Å²) >= 11 is 0. The Morgan fingerprint density at radius 1 is 1.38 bits per heavy atom. The third-order valence-corrected chi connectivity index (χ3v) is 3.42. The molecule has 0 aliphatic carbocycles. The summed E-state index contributed by atoms with van der Waals surface area (Å²) < 4.78 is 0. The number of piperidine rings is 1. The Bertz CT molecular complexity index is 318. The number of rotatable bonds is 3. The van der Waals surface area contributed by atoms with E-state index in [4.69, 9.17) is 0 Å². The lowest BCUT2D eigenvalue weighted by molar-refractivity contribution is -0.148. The molecule has 0 atom stereocenters. The standard InChI is InChI=1S/C13H21NO2/c1-5-13(3,4)11(15)12(16)14-9-7-6-8-10(14)2/h2,5-9H2,1,3-4H3. The maximum Gasteiger partial charge on any atom is 0.294 e. The number of nitrogens with zero attached hydrogens (tertiary/aromatic N) is 1. The predicted molar refractivity (Wildman–Crippen MR) is 63.8 cm³/mol. The molecule has 0 aromatic carbocycles. The molecule has 1 aliphatic rings. The van der Waals surface area contributed by atoms with Crippen LogP contribution in [0.3, 0.4) is 0 Å². The van der Waals surface area contributed by atoms with Crippen LogP contribution in [0.4, 0.5) is 0 Å². The molecule has 3 heteroatoms. The second-order valence-corrected chi connectivity index (χ2v) is 5.05. The topological polar surface area (TPSA) is 37.4 Å². The first-order valence-electron chi connectivity index (χ1n) is 5.94. The monoisotopic (exact) mass is 223 g/mol. The number of carbonyl (C=O) groups is 2. The van der Waals surface area contributed by atoms with Gasteiger partial charge < -0.3 is 4.90 Å². The highest BCUT2D eigenvalue weighted by molar-refractivity contribution is 6.38. The molecular formula is C13H21NO2. The lowest BCUT2D eigenvalue weighted by atomic mass is 9.84. The van der Waals surface area contributed by atoms with Gasteiger partial charge in [-0.05, 0) is 25.7 Å². The van der Waals surface area contributed by atoms with Crippen molar-refractivity contribution in [3.8, 4) is 0 Å². The van der Waals surface area contributed by atoms with Gasteiger partial charge in [-0.25, -0.2) is 0 Å². The van der Waals surface area contributed by atoms with E-state index in [0.717, 1.165) is 25.0 Å². The van der Waals surface area contributed by atoms with Crippen molar-refractivity contribution in [3.63, 3.8) is 0 Å². The smallest absolute Gasteiger partial charge is 0.294 e. The van der Waals surface area contributed by atoms with Gasteiger partial charge >= 0.3 is 0 Å². The summed E-state index contributed by atoms with van der Waals surface area (Å²) in [5.41, 5.74) is 0.228. The molecule has 0 saturated carbocycles. The van der Waals surface area contributed by atoms with Crippen LogP contribution in [0.1, 0.15) is 46.5 Å². The second kappa shape index (κ2) is 4.81. The Morgan fingerprint density at radius 2 is 2.00 bits per heavy atom. The quantitative estimate of drug-likeness (QED) is 0.689. The molecule has 1 heterocycles. The van der Waals surface area contributed by atoms with E-state index < -0.39 is 5.41 Å². The van der Waals surface area contributed by atoms with Crippen molar-refractivity contribution < 1.29 is 9.59 Å². The van der Waals surface area contributed by atoms with E-state index in [1.165, 1.54) is 0 Å². The second-order valence-electron chi connectivity index (χ2n) is 5.05. The predicted octanol–water partition coefficient (Wildman–Crippen LogP) is 2.52. The van der Waals surface area contributed by atoms with Gasteiger partial charge in [-0.1, -0.05) is 27.4 Å². The molecule has 1 aliphatic heterocycles. The fourth-order valence-electron chi connectivity index (χ4n) is 1.71. The SMILES string of the molecule is C=C1CCCCN1C(=O)C(=O)C(C)(C)CC. The summed E-state index contributed by atoms with van der Waals surface area (Å²) in [6, 6.07) is 0. The third kappa shape index (κ3) is 2.52. The molecular weight excluding hydrogens is 202 g/mol. The number of Topliss-reactive ketones (excluding diaryl/α,β-unsaturated/α-hetero) is 1. The number of amides is 1. The molecule has 0 aromatic heterocycles. The minimum Gasteiger partial charge on any atom is -0.310 e. The fraction of sp³-hybridized carbons (Fsp3) is 0.692. The van der Waals surface area contributed by atoms with Gasteiger partial charge in [-0.3, -0.25) is 9.59 Å². The van der Waals surface area contributed by atoms with Gasteiger partial charge in [0.25, 0.3) is 5.91 Å². The zero-order chi connectivity index (χ0) is 12.3. The summed E-state index contributed by atoms with van der Waals surface area (Å²) in [7, 11) is 0. The lowest BCUT2D eigenvalue weighted by Gasteiger charge is -2.31. The van der Waals surface area contributed by atoms with Crippen molar-refractivity contribution in [1.82, 2.24) is 4.90 Å². The van der Waals surface area contributed by atoms with E-state index >= 15 is 0 Å².